The number of nitro groups is 1. The minimum atomic E-state index is -1.76. The SMILES string of the molecule is CC(C)C[C@H](NC(=O)[C@H](CCCN=C(N)N[N+](=O)[O-])NC(=O)CSc1ccc2ccccc2c1)B(O)O. The number of hydrazine groups is 1. The Morgan fingerprint density at radius 3 is 2.51 bits per heavy atom. The third-order valence-corrected chi connectivity index (χ3v) is 6.29. The van der Waals surface area contributed by atoms with Gasteiger partial charge < -0.3 is 26.4 Å². The zero-order valence-corrected chi connectivity index (χ0v) is 21.6. The van der Waals surface area contributed by atoms with Crippen LogP contribution in [-0.2, 0) is 9.59 Å². The molecule has 14 heteroatoms. The minimum Gasteiger partial charge on any atom is -0.426 e. The van der Waals surface area contributed by atoms with E-state index in [0.29, 0.717) is 6.42 Å². The van der Waals surface area contributed by atoms with Crippen molar-refractivity contribution >= 4 is 47.4 Å². The number of nitrogens with zero attached hydrogens (tertiary/aromatic N) is 2. The highest BCUT2D eigenvalue weighted by molar-refractivity contribution is 8.00. The number of carbonyl (C=O) groups excluding carboxylic acids is 2. The lowest BCUT2D eigenvalue weighted by atomic mass is 9.75. The summed E-state index contributed by atoms with van der Waals surface area (Å²) in [4.78, 5) is 40.8. The molecule has 7 N–H and O–H groups in total. The molecule has 0 aliphatic heterocycles. The molecule has 2 aromatic carbocycles. The zero-order valence-electron chi connectivity index (χ0n) is 20.8. The number of thioether (sulfide) groups is 1. The predicted molar refractivity (Wildman–Crippen MR) is 144 cm³/mol. The number of amides is 2. The van der Waals surface area contributed by atoms with Crippen molar-refractivity contribution in [2.24, 2.45) is 16.6 Å². The first kappa shape index (κ1) is 29.9. The second kappa shape index (κ2) is 15.0. The summed E-state index contributed by atoms with van der Waals surface area (Å²) in [5.41, 5.74) is 7.13. The molecule has 0 fully saturated rings. The monoisotopic (exact) mass is 532 g/mol. The molecule has 2 rings (SSSR count). The van der Waals surface area contributed by atoms with Gasteiger partial charge in [0, 0.05) is 11.4 Å². The largest absolute Gasteiger partial charge is 0.475 e. The third kappa shape index (κ3) is 11.1. The number of nitrogens with two attached hydrogens (primary N) is 1. The topological polar surface area (TPSA) is 192 Å². The van der Waals surface area contributed by atoms with E-state index in [2.05, 4.69) is 15.6 Å². The van der Waals surface area contributed by atoms with Gasteiger partial charge in [-0.1, -0.05) is 49.6 Å². The first-order valence-electron chi connectivity index (χ1n) is 11.8. The average Bonchev–Trinajstić information content (AvgIpc) is 2.83. The van der Waals surface area contributed by atoms with Gasteiger partial charge >= 0.3 is 7.12 Å². The van der Waals surface area contributed by atoms with Crippen molar-refractivity contribution in [2.45, 2.75) is 50.0 Å². The Hall–Kier alpha value is -3.36. The molecule has 2 aromatic rings. The highest BCUT2D eigenvalue weighted by atomic mass is 32.2. The molecule has 12 nitrogen and oxygen atoms in total. The lowest BCUT2D eigenvalue weighted by molar-refractivity contribution is -0.525. The summed E-state index contributed by atoms with van der Waals surface area (Å²) in [7, 11) is -1.76. The standard InChI is InChI=1S/C23H33BN6O6S/c1-15(2)12-20(24(33)34)28-22(32)19(8-5-11-26-23(25)29-30(35)36)27-21(31)14-37-18-10-9-16-6-3-4-7-17(16)13-18/h3-4,6-7,9-10,13,15,19-20,33-34H,5,8,11-12,14H2,1-2H3,(H,27,31)(H,28,32)(H3,25,26,29)/t19-,20-/m0/s1. The van der Waals surface area contributed by atoms with E-state index in [1.54, 1.807) is 5.43 Å². The molecular formula is C23H33BN6O6S. The fourth-order valence-electron chi connectivity index (χ4n) is 3.58. The zero-order chi connectivity index (χ0) is 27.4. The van der Waals surface area contributed by atoms with E-state index in [9.17, 15) is 29.8 Å². The fourth-order valence-corrected chi connectivity index (χ4v) is 4.34. The molecule has 0 heterocycles. The van der Waals surface area contributed by atoms with E-state index in [1.807, 2.05) is 56.3 Å². The second-order valence-corrected chi connectivity index (χ2v) is 9.90. The maximum absolute atomic E-state index is 13.0. The molecule has 0 saturated heterocycles. The van der Waals surface area contributed by atoms with Crippen LogP contribution in [0.3, 0.4) is 0 Å². The fraction of sp³-hybridized carbons (Fsp3) is 0.435. The first-order chi connectivity index (χ1) is 17.5. The molecule has 2 atom stereocenters. The summed E-state index contributed by atoms with van der Waals surface area (Å²) in [6.45, 7) is 3.84. The van der Waals surface area contributed by atoms with Crippen molar-refractivity contribution in [3.63, 3.8) is 0 Å². The van der Waals surface area contributed by atoms with Gasteiger partial charge in [0.25, 0.3) is 5.96 Å². The van der Waals surface area contributed by atoms with Crippen molar-refractivity contribution in [2.75, 3.05) is 12.3 Å². The first-order valence-corrected chi connectivity index (χ1v) is 12.8. The van der Waals surface area contributed by atoms with Gasteiger partial charge in [0.1, 0.15) is 6.04 Å². The van der Waals surface area contributed by atoms with E-state index >= 15 is 0 Å². The number of fused-ring (bicyclic) bond motifs is 1. The summed E-state index contributed by atoms with van der Waals surface area (Å²) in [5.74, 6) is -2.06. The Kier molecular flexibility index (Phi) is 12.1. The van der Waals surface area contributed by atoms with Gasteiger partial charge in [-0.25, -0.2) is 15.1 Å². The van der Waals surface area contributed by atoms with Crippen LogP contribution in [0.15, 0.2) is 52.4 Å². The van der Waals surface area contributed by atoms with E-state index < -0.39 is 30.0 Å². The summed E-state index contributed by atoms with van der Waals surface area (Å²) in [6, 6.07) is 12.8. The van der Waals surface area contributed by atoms with Gasteiger partial charge in [0.05, 0.1) is 11.7 Å². The van der Waals surface area contributed by atoms with Crippen molar-refractivity contribution in [1.82, 2.24) is 16.1 Å². The molecule has 0 aliphatic carbocycles. The van der Waals surface area contributed by atoms with E-state index in [1.165, 1.54) is 11.8 Å². The van der Waals surface area contributed by atoms with Gasteiger partial charge in [-0.3, -0.25) is 9.59 Å². The number of hydrogen-bond donors (Lipinski definition) is 6. The quantitative estimate of drug-likeness (QED) is 0.0389. The van der Waals surface area contributed by atoms with Gasteiger partial charge in [-0.15, -0.1) is 11.8 Å². The van der Waals surface area contributed by atoms with Crippen LogP contribution in [0, 0.1) is 16.0 Å². The maximum Gasteiger partial charge on any atom is 0.475 e. The molecule has 0 unspecified atom stereocenters. The molecule has 2 amide bonds. The Morgan fingerprint density at radius 2 is 1.86 bits per heavy atom. The maximum atomic E-state index is 13.0. The molecule has 37 heavy (non-hydrogen) atoms. The van der Waals surface area contributed by atoms with Gasteiger partial charge in [0.15, 0.2) is 5.03 Å². The predicted octanol–water partition coefficient (Wildman–Crippen LogP) is 0.836. The van der Waals surface area contributed by atoms with Crippen LogP contribution in [0.5, 0.6) is 0 Å². The number of benzene rings is 2. The van der Waals surface area contributed by atoms with Crippen LogP contribution in [0.25, 0.3) is 10.8 Å². The van der Waals surface area contributed by atoms with Crippen LogP contribution in [0.1, 0.15) is 33.1 Å². The van der Waals surface area contributed by atoms with Crippen LogP contribution in [0.4, 0.5) is 0 Å². The average molecular weight is 532 g/mol. The highest BCUT2D eigenvalue weighted by Crippen LogP contribution is 2.23. The summed E-state index contributed by atoms with van der Waals surface area (Å²) in [6.07, 6.45) is 0.769. The van der Waals surface area contributed by atoms with Crippen LogP contribution in [-0.4, -0.2) is 64.3 Å². The molecule has 0 saturated carbocycles. The molecule has 0 bridgehead atoms. The number of carbonyl (C=O) groups is 2. The lowest BCUT2D eigenvalue weighted by Crippen LogP contribution is -2.54. The van der Waals surface area contributed by atoms with E-state index in [0.717, 1.165) is 15.7 Å². The number of aliphatic imine (C=N–C) groups is 1. The Bertz CT molecular complexity index is 1100. The Labute approximate surface area is 219 Å². The lowest BCUT2D eigenvalue weighted by Gasteiger charge is -2.24. The number of guanidine groups is 1. The van der Waals surface area contributed by atoms with E-state index in [4.69, 9.17) is 5.73 Å². The molecule has 0 aromatic heterocycles. The molecule has 0 radical (unpaired) electrons. The van der Waals surface area contributed by atoms with Crippen molar-refractivity contribution in [3.8, 4) is 0 Å². The molecule has 200 valence electrons. The van der Waals surface area contributed by atoms with Gasteiger partial charge in [0.2, 0.25) is 11.8 Å². The molecular weight excluding hydrogens is 499 g/mol. The smallest absolute Gasteiger partial charge is 0.426 e. The van der Waals surface area contributed by atoms with Crippen LogP contribution in [0.2, 0.25) is 0 Å². The number of rotatable bonds is 14. The van der Waals surface area contributed by atoms with Crippen LogP contribution >= 0.6 is 11.8 Å². The van der Waals surface area contributed by atoms with Gasteiger partial charge in [-0.2, -0.15) is 0 Å². The summed E-state index contributed by atoms with van der Waals surface area (Å²) >= 11 is 1.33. The number of nitrogens with one attached hydrogen (secondary N) is 3. The minimum absolute atomic E-state index is 0.0675. The van der Waals surface area contributed by atoms with Gasteiger partial charge in [-0.05, 0) is 48.1 Å². The summed E-state index contributed by atoms with van der Waals surface area (Å²) in [5, 5.41) is 36.3. The van der Waals surface area contributed by atoms with Crippen LogP contribution < -0.4 is 21.8 Å². The Morgan fingerprint density at radius 1 is 1.16 bits per heavy atom. The molecule has 0 aliphatic rings. The third-order valence-electron chi connectivity index (χ3n) is 5.29. The number of hydrogen-bond acceptors (Lipinski definition) is 8. The normalized spacial score (nSPS) is 13.2. The highest BCUT2D eigenvalue weighted by Gasteiger charge is 2.29. The van der Waals surface area contributed by atoms with Crippen molar-refractivity contribution in [1.29, 1.82) is 0 Å². The van der Waals surface area contributed by atoms with Crippen molar-refractivity contribution in [3.05, 3.63) is 52.6 Å². The van der Waals surface area contributed by atoms with Crippen molar-refractivity contribution < 1.29 is 24.7 Å². The Balaban J connectivity index is 2.02. The summed E-state index contributed by atoms with van der Waals surface area (Å²) < 4.78 is 0. The molecule has 0 spiro atoms. The van der Waals surface area contributed by atoms with E-state index in [-0.39, 0.29) is 42.9 Å². The second-order valence-electron chi connectivity index (χ2n) is 8.85.